The number of carbonyl (C=O) groups excluding carboxylic acids is 1. The first-order chi connectivity index (χ1) is 5.82. The monoisotopic (exact) mass is 190 g/mol. The number of hydrogen-bond acceptors (Lipinski definition) is 3. The van der Waals surface area contributed by atoms with Crippen molar-refractivity contribution in [3.05, 3.63) is 0 Å². The van der Waals surface area contributed by atoms with Crippen LogP contribution < -0.4 is 11.5 Å². The van der Waals surface area contributed by atoms with Crippen molar-refractivity contribution in [1.29, 1.82) is 0 Å². The van der Waals surface area contributed by atoms with Gasteiger partial charge in [0.15, 0.2) is 0 Å². The van der Waals surface area contributed by atoms with E-state index in [1.165, 1.54) is 0 Å². The minimum atomic E-state index is -0.931. The Morgan fingerprint density at radius 2 is 1.69 bits per heavy atom. The van der Waals surface area contributed by atoms with Gasteiger partial charge in [-0.2, -0.15) is 0 Å². The van der Waals surface area contributed by atoms with Gasteiger partial charge < -0.3 is 16.6 Å². The molecule has 0 fully saturated rings. The fourth-order valence-corrected chi connectivity index (χ4v) is 0.285. The van der Waals surface area contributed by atoms with Gasteiger partial charge in [0.25, 0.3) is 0 Å². The highest BCUT2D eigenvalue weighted by Gasteiger charge is 2.14. The van der Waals surface area contributed by atoms with E-state index in [1.54, 1.807) is 20.8 Å². The number of aliphatic carboxylic acids is 1. The molecule has 5 nitrogen and oxygen atoms in total. The van der Waals surface area contributed by atoms with Gasteiger partial charge in [-0.25, -0.2) is 0 Å². The van der Waals surface area contributed by atoms with Crippen molar-refractivity contribution >= 4 is 11.9 Å². The summed E-state index contributed by atoms with van der Waals surface area (Å²) in [5.41, 5.74) is 9.81. The molecule has 0 aromatic rings. The topological polar surface area (TPSA) is 106 Å². The normalized spacial score (nSPS) is 11.5. The minimum absolute atomic E-state index is 0.0208. The molecule has 0 radical (unpaired) electrons. The standard InChI is InChI=1S/C5H11NO2.C3H7NO/c1-3(2)4(6)5(7)8;1-2-3(4)5/h3-4H,6H2,1-2H3,(H,7,8);2H2,1H3,(H2,4,5)/t4-;/m0./s1. The van der Waals surface area contributed by atoms with E-state index in [0.29, 0.717) is 6.42 Å². The Labute approximate surface area is 78.1 Å². The fraction of sp³-hybridized carbons (Fsp3) is 0.750. The Kier molecular flexibility index (Phi) is 8.37. The van der Waals surface area contributed by atoms with Gasteiger partial charge in [0.1, 0.15) is 6.04 Å². The van der Waals surface area contributed by atoms with Crippen LogP contribution in [0.15, 0.2) is 0 Å². The lowest BCUT2D eigenvalue weighted by molar-refractivity contribution is -0.139. The Morgan fingerprint density at radius 1 is 1.38 bits per heavy atom. The summed E-state index contributed by atoms with van der Waals surface area (Å²) < 4.78 is 0. The van der Waals surface area contributed by atoms with Crippen LogP contribution in [-0.2, 0) is 9.59 Å². The number of rotatable bonds is 3. The van der Waals surface area contributed by atoms with Gasteiger partial charge in [-0.05, 0) is 5.92 Å². The largest absolute Gasteiger partial charge is 0.480 e. The van der Waals surface area contributed by atoms with Crippen molar-refractivity contribution < 1.29 is 14.7 Å². The molecule has 0 unspecified atom stereocenters. The fourth-order valence-electron chi connectivity index (χ4n) is 0.285. The molecule has 1 amide bonds. The van der Waals surface area contributed by atoms with Crippen LogP contribution in [0.3, 0.4) is 0 Å². The molecule has 5 N–H and O–H groups in total. The number of carboxylic acid groups (broad SMARTS) is 1. The molecule has 0 aliphatic carbocycles. The Balaban J connectivity index is 0. The molecule has 0 heterocycles. The third-order valence-corrected chi connectivity index (χ3v) is 1.35. The van der Waals surface area contributed by atoms with Crippen molar-refractivity contribution in [2.45, 2.75) is 33.2 Å². The quantitative estimate of drug-likeness (QED) is 0.579. The molecular weight excluding hydrogens is 172 g/mol. The molecule has 0 aromatic carbocycles. The van der Waals surface area contributed by atoms with E-state index in [4.69, 9.17) is 10.8 Å². The summed E-state index contributed by atoms with van der Waals surface area (Å²) in [5.74, 6) is -1.16. The highest BCUT2D eigenvalue weighted by Crippen LogP contribution is 1.96. The molecule has 13 heavy (non-hydrogen) atoms. The zero-order valence-corrected chi connectivity index (χ0v) is 8.28. The van der Waals surface area contributed by atoms with Crippen LogP contribution >= 0.6 is 0 Å². The Morgan fingerprint density at radius 3 is 1.69 bits per heavy atom. The highest BCUT2D eigenvalue weighted by atomic mass is 16.4. The smallest absolute Gasteiger partial charge is 0.320 e. The molecule has 78 valence electrons. The lowest BCUT2D eigenvalue weighted by Crippen LogP contribution is -2.34. The van der Waals surface area contributed by atoms with Gasteiger partial charge in [-0.1, -0.05) is 20.8 Å². The average molecular weight is 190 g/mol. The van der Waals surface area contributed by atoms with Crippen molar-refractivity contribution in [1.82, 2.24) is 0 Å². The van der Waals surface area contributed by atoms with Crippen LogP contribution in [0.1, 0.15) is 27.2 Å². The van der Waals surface area contributed by atoms with Crippen molar-refractivity contribution in [3.8, 4) is 0 Å². The number of carboxylic acids is 1. The van der Waals surface area contributed by atoms with Gasteiger partial charge >= 0.3 is 5.97 Å². The lowest BCUT2D eigenvalue weighted by Gasteiger charge is -2.07. The van der Waals surface area contributed by atoms with E-state index in [9.17, 15) is 9.59 Å². The van der Waals surface area contributed by atoms with Crippen LogP contribution in [0.5, 0.6) is 0 Å². The summed E-state index contributed by atoms with van der Waals surface area (Å²) in [6.45, 7) is 5.28. The molecule has 0 bridgehead atoms. The summed E-state index contributed by atoms with van der Waals surface area (Å²) in [4.78, 5) is 19.6. The van der Waals surface area contributed by atoms with Gasteiger partial charge in [-0.3, -0.25) is 9.59 Å². The van der Waals surface area contributed by atoms with Gasteiger partial charge in [0, 0.05) is 6.42 Å². The van der Waals surface area contributed by atoms with E-state index in [0.717, 1.165) is 0 Å². The van der Waals surface area contributed by atoms with E-state index in [-0.39, 0.29) is 11.8 Å². The van der Waals surface area contributed by atoms with E-state index in [1.807, 2.05) is 0 Å². The summed E-state index contributed by atoms with van der Waals surface area (Å²) in [6.07, 6.45) is 0.444. The van der Waals surface area contributed by atoms with Crippen LogP contribution in [0.25, 0.3) is 0 Å². The third-order valence-electron chi connectivity index (χ3n) is 1.35. The number of hydrogen-bond donors (Lipinski definition) is 3. The minimum Gasteiger partial charge on any atom is -0.480 e. The van der Waals surface area contributed by atoms with Gasteiger partial charge in [0.05, 0.1) is 0 Å². The second-order valence-corrected chi connectivity index (χ2v) is 2.93. The molecule has 0 rings (SSSR count). The van der Waals surface area contributed by atoms with Crippen LogP contribution in [-0.4, -0.2) is 23.0 Å². The molecule has 0 saturated heterocycles. The molecule has 0 aromatic heterocycles. The molecule has 0 saturated carbocycles. The second-order valence-electron chi connectivity index (χ2n) is 2.93. The second kappa shape index (κ2) is 7.54. The third kappa shape index (κ3) is 10.9. The summed E-state index contributed by atoms with van der Waals surface area (Å²) in [6, 6.07) is -0.713. The first kappa shape index (κ1) is 14.4. The number of nitrogens with two attached hydrogens (primary N) is 2. The van der Waals surface area contributed by atoms with Gasteiger partial charge in [0.2, 0.25) is 5.91 Å². The first-order valence-corrected chi connectivity index (χ1v) is 4.09. The Hall–Kier alpha value is -1.10. The maximum absolute atomic E-state index is 10.0. The maximum atomic E-state index is 10.0. The SMILES string of the molecule is CC(C)[C@H](N)C(=O)O.CCC(N)=O. The summed E-state index contributed by atoms with van der Waals surface area (Å²) >= 11 is 0. The van der Waals surface area contributed by atoms with Crippen LogP contribution in [0.4, 0.5) is 0 Å². The predicted molar refractivity (Wildman–Crippen MR) is 49.9 cm³/mol. The van der Waals surface area contributed by atoms with E-state index in [2.05, 4.69) is 5.73 Å². The zero-order chi connectivity index (χ0) is 11.0. The maximum Gasteiger partial charge on any atom is 0.320 e. The Bertz CT molecular complexity index is 169. The van der Waals surface area contributed by atoms with Crippen molar-refractivity contribution in [2.24, 2.45) is 17.4 Å². The lowest BCUT2D eigenvalue weighted by atomic mass is 10.1. The molecule has 0 aliphatic rings. The molecule has 1 atom stereocenters. The molecule has 5 heteroatoms. The first-order valence-electron chi connectivity index (χ1n) is 4.09. The predicted octanol–water partition coefficient (Wildman–Crippen LogP) is -0.0640. The summed E-state index contributed by atoms with van der Waals surface area (Å²) in [7, 11) is 0. The van der Waals surface area contributed by atoms with E-state index >= 15 is 0 Å². The number of carbonyl (C=O) groups is 2. The van der Waals surface area contributed by atoms with E-state index < -0.39 is 12.0 Å². The van der Waals surface area contributed by atoms with Crippen LogP contribution in [0, 0.1) is 5.92 Å². The molecular formula is C8H18N2O3. The average Bonchev–Trinajstić information content (AvgIpc) is 2.03. The van der Waals surface area contributed by atoms with Crippen LogP contribution in [0.2, 0.25) is 0 Å². The zero-order valence-electron chi connectivity index (χ0n) is 8.28. The number of amides is 1. The molecule has 0 spiro atoms. The van der Waals surface area contributed by atoms with Gasteiger partial charge in [-0.15, -0.1) is 0 Å². The highest BCUT2D eigenvalue weighted by molar-refractivity contribution is 5.73. The van der Waals surface area contributed by atoms with Crippen molar-refractivity contribution in [3.63, 3.8) is 0 Å². The van der Waals surface area contributed by atoms with Crippen molar-refractivity contribution in [2.75, 3.05) is 0 Å². The summed E-state index contributed by atoms with van der Waals surface area (Å²) in [5, 5.41) is 8.23. The number of primary amides is 1. The molecule has 0 aliphatic heterocycles.